The fourth-order valence-corrected chi connectivity index (χ4v) is 3.48. The number of methoxy groups -OCH3 is 1. The van der Waals surface area contributed by atoms with Gasteiger partial charge in [0.2, 0.25) is 0 Å². The quantitative estimate of drug-likeness (QED) is 0.928. The minimum atomic E-state index is -0.683. The third-order valence-corrected chi connectivity index (χ3v) is 5.01. The Balaban J connectivity index is 1.78. The number of benzene rings is 1. The Labute approximate surface area is 125 Å². The van der Waals surface area contributed by atoms with Gasteiger partial charge in [0, 0.05) is 18.0 Å². The van der Waals surface area contributed by atoms with Crippen molar-refractivity contribution in [1.29, 1.82) is 0 Å². The maximum atomic E-state index is 12.6. The fourth-order valence-electron chi connectivity index (χ4n) is 3.48. The third-order valence-electron chi connectivity index (χ3n) is 5.01. The summed E-state index contributed by atoms with van der Waals surface area (Å²) in [6.07, 6.45) is 2.18. The zero-order valence-corrected chi connectivity index (χ0v) is 12.9. The first-order valence-electron chi connectivity index (χ1n) is 7.62. The van der Waals surface area contributed by atoms with Crippen LogP contribution in [-0.4, -0.2) is 41.7 Å². The average Bonchev–Trinajstić information content (AvgIpc) is 3.26. The average molecular weight is 289 g/mol. The molecule has 1 amide bonds. The molecule has 1 aliphatic carbocycles. The van der Waals surface area contributed by atoms with Crippen molar-refractivity contribution < 1.29 is 14.6 Å². The second-order valence-corrected chi connectivity index (χ2v) is 6.54. The molecule has 0 bridgehead atoms. The summed E-state index contributed by atoms with van der Waals surface area (Å²) in [5, 5.41) is 10.8. The summed E-state index contributed by atoms with van der Waals surface area (Å²) in [6.45, 7) is 5.08. The first-order chi connectivity index (χ1) is 9.95. The summed E-state index contributed by atoms with van der Waals surface area (Å²) in [5.74, 6) is 1.32. The van der Waals surface area contributed by atoms with E-state index in [4.69, 9.17) is 4.74 Å². The number of hydrogen-bond donors (Lipinski definition) is 1. The van der Waals surface area contributed by atoms with Crippen molar-refractivity contribution in [2.45, 2.75) is 32.3 Å². The maximum absolute atomic E-state index is 12.6. The Morgan fingerprint density at radius 3 is 2.71 bits per heavy atom. The van der Waals surface area contributed by atoms with E-state index in [2.05, 4.69) is 0 Å². The van der Waals surface area contributed by atoms with Gasteiger partial charge < -0.3 is 14.7 Å². The number of carbonyl (C=O) groups is 1. The number of aryl methyl sites for hydroxylation is 1. The van der Waals surface area contributed by atoms with Crippen molar-refractivity contribution in [3.8, 4) is 5.75 Å². The summed E-state index contributed by atoms with van der Waals surface area (Å²) < 4.78 is 5.23. The molecule has 0 spiro atoms. The van der Waals surface area contributed by atoms with Crippen LogP contribution in [0.5, 0.6) is 5.75 Å². The molecule has 3 rings (SSSR count). The molecular formula is C17H23NO3. The topological polar surface area (TPSA) is 49.8 Å². The number of aliphatic hydroxyl groups is 1. The normalized spacial score (nSPS) is 28.8. The highest BCUT2D eigenvalue weighted by molar-refractivity contribution is 5.95. The zero-order valence-electron chi connectivity index (χ0n) is 12.9. The maximum Gasteiger partial charge on any atom is 0.253 e. The molecule has 2 atom stereocenters. The lowest BCUT2D eigenvalue weighted by Crippen LogP contribution is -2.40. The molecule has 0 aromatic heterocycles. The second kappa shape index (κ2) is 5.02. The molecular weight excluding hydrogens is 266 g/mol. The zero-order chi connectivity index (χ0) is 15.2. The van der Waals surface area contributed by atoms with Crippen molar-refractivity contribution in [2.75, 3.05) is 20.2 Å². The molecule has 2 fully saturated rings. The molecule has 0 radical (unpaired) electrons. The Kier molecular flexibility index (Phi) is 3.44. The summed E-state index contributed by atoms with van der Waals surface area (Å²) >= 11 is 0. The van der Waals surface area contributed by atoms with Crippen molar-refractivity contribution in [2.24, 2.45) is 11.8 Å². The molecule has 0 unspecified atom stereocenters. The smallest absolute Gasteiger partial charge is 0.253 e. The summed E-state index contributed by atoms with van der Waals surface area (Å²) in [6, 6.07) is 5.49. The number of hydrogen-bond acceptors (Lipinski definition) is 3. The molecule has 1 heterocycles. The largest absolute Gasteiger partial charge is 0.496 e. The van der Waals surface area contributed by atoms with Gasteiger partial charge in [0.25, 0.3) is 5.91 Å². The van der Waals surface area contributed by atoms with Crippen LogP contribution in [0.15, 0.2) is 18.2 Å². The molecule has 21 heavy (non-hydrogen) atoms. The highest BCUT2D eigenvalue weighted by Gasteiger charge is 2.53. The summed E-state index contributed by atoms with van der Waals surface area (Å²) in [7, 11) is 1.63. The van der Waals surface area contributed by atoms with Crippen LogP contribution in [0.3, 0.4) is 0 Å². The van der Waals surface area contributed by atoms with Crippen LogP contribution in [0.4, 0.5) is 0 Å². The van der Waals surface area contributed by atoms with Crippen molar-refractivity contribution in [3.63, 3.8) is 0 Å². The highest BCUT2D eigenvalue weighted by atomic mass is 16.5. The molecule has 1 aliphatic heterocycles. The van der Waals surface area contributed by atoms with E-state index in [-0.39, 0.29) is 11.8 Å². The molecule has 1 N–H and O–H groups in total. The Bertz CT molecular complexity index is 567. The highest BCUT2D eigenvalue weighted by Crippen LogP contribution is 2.47. The van der Waals surface area contributed by atoms with E-state index < -0.39 is 5.60 Å². The lowest BCUT2D eigenvalue weighted by Gasteiger charge is -2.26. The molecule has 1 saturated heterocycles. The lowest BCUT2D eigenvalue weighted by molar-refractivity contribution is -0.00364. The fraction of sp³-hybridized carbons (Fsp3) is 0.588. The van der Waals surface area contributed by atoms with Crippen LogP contribution in [0, 0.1) is 18.8 Å². The van der Waals surface area contributed by atoms with Crippen molar-refractivity contribution >= 4 is 5.91 Å². The molecule has 1 aromatic rings. The van der Waals surface area contributed by atoms with Crippen LogP contribution < -0.4 is 4.74 Å². The molecule has 2 aliphatic rings. The Hall–Kier alpha value is -1.55. The monoisotopic (exact) mass is 289 g/mol. The number of amides is 1. The van der Waals surface area contributed by atoms with E-state index in [1.165, 1.54) is 0 Å². The number of β-amino-alcohol motifs (C(OH)–C–C–N with tert-alkyl or cyclic N) is 1. The van der Waals surface area contributed by atoms with Crippen LogP contribution in [0.1, 0.15) is 35.7 Å². The van der Waals surface area contributed by atoms with Gasteiger partial charge in [-0.05, 0) is 49.4 Å². The van der Waals surface area contributed by atoms with Crippen molar-refractivity contribution in [3.05, 3.63) is 29.3 Å². The van der Waals surface area contributed by atoms with Crippen LogP contribution in [0.25, 0.3) is 0 Å². The summed E-state index contributed by atoms with van der Waals surface area (Å²) in [4.78, 5) is 14.4. The van der Waals surface area contributed by atoms with E-state index >= 15 is 0 Å². The summed E-state index contributed by atoms with van der Waals surface area (Å²) in [5.41, 5.74) is 0.936. The van der Waals surface area contributed by atoms with E-state index in [9.17, 15) is 9.90 Å². The van der Waals surface area contributed by atoms with Crippen LogP contribution in [-0.2, 0) is 0 Å². The van der Waals surface area contributed by atoms with Gasteiger partial charge >= 0.3 is 0 Å². The van der Waals surface area contributed by atoms with Gasteiger partial charge in [-0.15, -0.1) is 0 Å². The number of rotatable bonds is 3. The van der Waals surface area contributed by atoms with Gasteiger partial charge in [0.1, 0.15) is 5.75 Å². The minimum absolute atomic E-state index is 0.00387. The standard InChI is InChI=1S/C17H23NO3/c1-11-8-13(4-7-15(11)21-3)16(19)18-9-12(2)17(20,10-18)14-5-6-14/h4,7-8,12,14,20H,5-6,9-10H2,1-3H3/t12-,17+/m1/s1. The van der Waals surface area contributed by atoms with Gasteiger partial charge in [-0.2, -0.15) is 0 Å². The van der Waals surface area contributed by atoms with E-state index in [0.29, 0.717) is 24.6 Å². The number of nitrogens with zero attached hydrogens (tertiary/aromatic N) is 1. The number of ether oxygens (including phenoxy) is 1. The van der Waals surface area contributed by atoms with E-state index in [1.807, 2.05) is 26.0 Å². The molecule has 4 nitrogen and oxygen atoms in total. The third kappa shape index (κ3) is 2.42. The van der Waals surface area contributed by atoms with Crippen molar-refractivity contribution in [1.82, 2.24) is 4.90 Å². The SMILES string of the molecule is COc1ccc(C(=O)N2C[C@@H](C)[C@](O)(C3CC3)C2)cc1C. The molecule has 4 heteroatoms. The first kappa shape index (κ1) is 14.4. The number of likely N-dealkylation sites (tertiary alicyclic amines) is 1. The number of carbonyl (C=O) groups excluding carboxylic acids is 1. The Morgan fingerprint density at radius 2 is 2.14 bits per heavy atom. The lowest BCUT2D eigenvalue weighted by atomic mass is 9.88. The molecule has 1 aromatic carbocycles. The predicted octanol–water partition coefficient (Wildman–Crippen LogP) is 2.24. The second-order valence-electron chi connectivity index (χ2n) is 6.54. The van der Waals surface area contributed by atoms with Gasteiger partial charge in [-0.1, -0.05) is 6.92 Å². The van der Waals surface area contributed by atoms with E-state index in [1.54, 1.807) is 18.1 Å². The van der Waals surface area contributed by atoms with Gasteiger partial charge in [0.15, 0.2) is 0 Å². The van der Waals surface area contributed by atoms with Gasteiger partial charge in [-0.3, -0.25) is 4.79 Å². The van der Waals surface area contributed by atoms with E-state index in [0.717, 1.165) is 24.2 Å². The van der Waals surface area contributed by atoms with Gasteiger partial charge in [0.05, 0.1) is 19.3 Å². The molecule has 114 valence electrons. The van der Waals surface area contributed by atoms with Crippen LogP contribution >= 0.6 is 0 Å². The Morgan fingerprint density at radius 1 is 1.43 bits per heavy atom. The van der Waals surface area contributed by atoms with Crippen LogP contribution in [0.2, 0.25) is 0 Å². The minimum Gasteiger partial charge on any atom is -0.496 e. The van der Waals surface area contributed by atoms with Gasteiger partial charge in [-0.25, -0.2) is 0 Å². The molecule has 1 saturated carbocycles. The predicted molar refractivity (Wildman–Crippen MR) is 80.5 cm³/mol. The first-order valence-corrected chi connectivity index (χ1v) is 7.62.